The number of nitrogens with zero attached hydrogens (tertiary/aromatic N) is 2. The van der Waals surface area contributed by atoms with Crippen LogP contribution in [0.25, 0.3) is 11.1 Å². The van der Waals surface area contributed by atoms with E-state index in [1.165, 1.54) is 0 Å². The summed E-state index contributed by atoms with van der Waals surface area (Å²) in [4.78, 5) is 42.0. The van der Waals surface area contributed by atoms with Gasteiger partial charge in [0.15, 0.2) is 0 Å². The van der Waals surface area contributed by atoms with Crippen molar-refractivity contribution in [2.75, 3.05) is 19.6 Å². The van der Waals surface area contributed by atoms with Gasteiger partial charge in [-0.15, -0.1) is 0 Å². The topological polar surface area (TPSA) is 91.6 Å². The molecule has 2 aromatic carbocycles. The number of aryl methyl sites for hydroxylation is 3. The Morgan fingerprint density at radius 1 is 0.922 bits per heavy atom. The maximum atomic E-state index is 16.5. The van der Waals surface area contributed by atoms with Crippen molar-refractivity contribution in [3.63, 3.8) is 0 Å². The fourth-order valence-corrected chi connectivity index (χ4v) is 7.87. The fraction of sp³-hybridized carbons (Fsp3) is 0.525. The number of carbonyl (C=O) groups is 2. The predicted octanol–water partition coefficient (Wildman–Crippen LogP) is 8.19. The Morgan fingerprint density at radius 2 is 1.63 bits per heavy atom. The summed E-state index contributed by atoms with van der Waals surface area (Å²) < 4.78 is 60.0. The average molecular weight is 710 g/mol. The lowest BCUT2D eigenvalue weighted by atomic mass is 9.86. The standard InChI is InChI=1S/C40H47F4N3O4/c1-24-17-25(2)37-27(18-24)9-6-4-3-5-7-10-34(47-23-28(13-16-46-14-8-15-46)32(21-35(47)48)40(42,43)44)39(51)45-33(22-36(49)50)31-20-29(37)19-30(38(31)41)26-11-12-26/h17-21,23,26,33-34H,3-16,22H2,1-2H3,(H,45,51)(H,49,50)/t33-,34-/m0/s1. The Balaban J connectivity index is 1.45. The van der Waals surface area contributed by atoms with Crippen molar-refractivity contribution >= 4 is 11.9 Å². The molecule has 3 aromatic rings. The second kappa shape index (κ2) is 15.3. The molecule has 274 valence electrons. The number of carboxylic acid groups (broad SMARTS) is 1. The zero-order valence-corrected chi connectivity index (χ0v) is 29.4. The molecule has 6 rings (SSSR count). The van der Waals surface area contributed by atoms with Gasteiger partial charge < -0.3 is 19.9 Å². The van der Waals surface area contributed by atoms with E-state index in [2.05, 4.69) is 17.4 Å². The van der Waals surface area contributed by atoms with E-state index in [0.29, 0.717) is 24.6 Å². The molecule has 2 N–H and O–H groups in total. The Kier molecular flexibility index (Phi) is 11.0. The van der Waals surface area contributed by atoms with Crippen LogP contribution in [0, 0.1) is 19.7 Å². The van der Waals surface area contributed by atoms with Crippen molar-refractivity contribution in [1.29, 1.82) is 0 Å². The van der Waals surface area contributed by atoms with Crippen LogP contribution < -0.4 is 10.9 Å². The number of hydrogen-bond donors (Lipinski definition) is 2. The first-order chi connectivity index (χ1) is 24.3. The highest BCUT2D eigenvalue weighted by molar-refractivity contribution is 5.82. The molecule has 2 aliphatic heterocycles. The lowest BCUT2D eigenvalue weighted by molar-refractivity contribution is -0.139. The number of likely N-dealkylation sites (tertiary alicyclic amines) is 1. The van der Waals surface area contributed by atoms with Crippen molar-refractivity contribution in [2.45, 2.75) is 115 Å². The van der Waals surface area contributed by atoms with E-state index in [-0.39, 0.29) is 29.9 Å². The van der Waals surface area contributed by atoms with E-state index in [9.17, 15) is 32.7 Å². The first kappa shape index (κ1) is 36.8. The van der Waals surface area contributed by atoms with E-state index >= 15 is 4.39 Å². The number of alkyl halides is 3. The smallest absolute Gasteiger partial charge is 0.416 e. The third-order valence-electron chi connectivity index (χ3n) is 10.7. The lowest BCUT2D eigenvalue weighted by Gasteiger charge is -2.31. The molecule has 3 heterocycles. The van der Waals surface area contributed by atoms with Gasteiger partial charge >= 0.3 is 12.1 Å². The van der Waals surface area contributed by atoms with Gasteiger partial charge in [-0.05, 0) is 123 Å². The SMILES string of the molecule is Cc1cc(C)c2c(c1)CCCCCCC[C@H](n1cc(CCN3CCC3)c(C(F)(F)F)cc1=O)C(=O)N[C@@H](CC(=O)O)c1cc-2cc(C2CC2)c1F. The van der Waals surface area contributed by atoms with Crippen LogP contribution in [-0.4, -0.2) is 46.1 Å². The Labute approximate surface area is 296 Å². The summed E-state index contributed by atoms with van der Waals surface area (Å²) >= 11 is 0. The molecule has 1 amide bonds. The molecule has 1 aromatic heterocycles. The van der Waals surface area contributed by atoms with Crippen molar-refractivity contribution in [1.82, 2.24) is 14.8 Å². The number of carbonyl (C=O) groups excluding carboxylic acids is 1. The summed E-state index contributed by atoms with van der Waals surface area (Å²) in [5.74, 6) is -2.56. The van der Waals surface area contributed by atoms with Crippen LogP contribution in [0.15, 0.2) is 41.3 Å². The van der Waals surface area contributed by atoms with Gasteiger partial charge in [0.1, 0.15) is 11.9 Å². The zero-order valence-electron chi connectivity index (χ0n) is 29.4. The molecular weight excluding hydrogens is 662 g/mol. The number of amides is 1. The van der Waals surface area contributed by atoms with Crippen LogP contribution in [0.5, 0.6) is 0 Å². The summed E-state index contributed by atoms with van der Waals surface area (Å²) in [5.41, 5.74) is 3.52. The average Bonchev–Trinajstić information content (AvgIpc) is 3.87. The number of halogens is 4. The molecule has 11 heteroatoms. The first-order valence-electron chi connectivity index (χ1n) is 18.3. The summed E-state index contributed by atoms with van der Waals surface area (Å²) in [5, 5.41) is 12.8. The predicted molar refractivity (Wildman–Crippen MR) is 187 cm³/mol. The lowest BCUT2D eigenvalue weighted by Crippen LogP contribution is -2.41. The van der Waals surface area contributed by atoms with Gasteiger partial charge in [-0.25, -0.2) is 4.39 Å². The van der Waals surface area contributed by atoms with Gasteiger partial charge in [-0.1, -0.05) is 43.4 Å². The second-order valence-corrected chi connectivity index (χ2v) is 14.7. The summed E-state index contributed by atoms with van der Waals surface area (Å²) in [6, 6.07) is 5.82. The molecule has 0 radical (unpaired) electrons. The minimum absolute atomic E-state index is 0.0159. The van der Waals surface area contributed by atoms with Gasteiger partial charge in [0, 0.05) is 24.4 Å². The molecule has 2 bridgehead atoms. The van der Waals surface area contributed by atoms with E-state index in [0.717, 1.165) is 103 Å². The van der Waals surface area contributed by atoms with Gasteiger partial charge in [0.2, 0.25) is 5.91 Å². The van der Waals surface area contributed by atoms with Gasteiger partial charge in [-0.2, -0.15) is 13.2 Å². The number of nitrogens with one attached hydrogen (secondary N) is 1. The molecule has 7 nitrogen and oxygen atoms in total. The second-order valence-electron chi connectivity index (χ2n) is 14.7. The Hall–Kier alpha value is -3.99. The Morgan fingerprint density at radius 3 is 2.29 bits per heavy atom. The maximum absolute atomic E-state index is 16.5. The quantitative estimate of drug-likeness (QED) is 0.242. The number of aromatic nitrogens is 1. The van der Waals surface area contributed by atoms with Crippen molar-refractivity contribution in [3.8, 4) is 11.1 Å². The molecule has 1 aliphatic carbocycles. The molecule has 1 saturated carbocycles. The fourth-order valence-electron chi connectivity index (χ4n) is 7.87. The van der Waals surface area contributed by atoms with E-state index < -0.39 is 53.5 Å². The number of pyridine rings is 1. The minimum atomic E-state index is -4.75. The maximum Gasteiger partial charge on any atom is 0.416 e. The van der Waals surface area contributed by atoms with Crippen molar-refractivity contribution in [3.05, 3.63) is 91.6 Å². The normalized spacial score (nSPS) is 20.7. The number of rotatable bonds is 7. The summed E-state index contributed by atoms with van der Waals surface area (Å²) in [6.07, 6.45) is 3.32. The molecule has 3 aliphatic rings. The van der Waals surface area contributed by atoms with Gasteiger partial charge in [0.05, 0.1) is 18.0 Å². The minimum Gasteiger partial charge on any atom is -0.481 e. The summed E-state index contributed by atoms with van der Waals surface area (Å²) in [7, 11) is 0. The number of aliphatic carboxylic acids is 1. The number of benzene rings is 2. The van der Waals surface area contributed by atoms with Crippen LogP contribution in [0.2, 0.25) is 0 Å². The Bertz CT molecular complexity index is 1840. The monoisotopic (exact) mass is 709 g/mol. The van der Waals surface area contributed by atoms with E-state index in [4.69, 9.17) is 0 Å². The van der Waals surface area contributed by atoms with E-state index in [1.807, 2.05) is 24.8 Å². The third-order valence-corrected chi connectivity index (χ3v) is 10.7. The first-order valence-corrected chi connectivity index (χ1v) is 18.3. The number of fused-ring (bicyclic) bond motifs is 4. The highest BCUT2D eigenvalue weighted by Crippen LogP contribution is 2.45. The van der Waals surface area contributed by atoms with Crippen LogP contribution in [0.3, 0.4) is 0 Å². The van der Waals surface area contributed by atoms with Crippen LogP contribution in [-0.2, 0) is 28.6 Å². The van der Waals surface area contributed by atoms with Gasteiger partial charge in [-0.3, -0.25) is 14.4 Å². The van der Waals surface area contributed by atoms with Gasteiger partial charge in [0.25, 0.3) is 5.56 Å². The number of hydrogen-bond acceptors (Lipinski definition) is 4. The highest BCUT2D eigenvalue weighted by Gasteiger charge is 2.37. The molecule has 2 atom stereocenters. The molecule has 51 heavy (non-hydrogen) atoms. The molecule has 0 unspecified atom stereocenters. The summed E-state index contributed by atoms with van der Waals surface area (Å²) in [6.45, 7) is 6.04. The van der Waals surface area contributed by atoms with Crippen LogP contribution in [0.1, 0.15) is 121 Å². The molecular formula is C40H47F4N3O4. The van der Waals surface area contributed by atoms with E-state index in [1.54, 1.807) is 6.07 Å². The third kappa shape index (κ3) is 8.56. The van der Waals surface area contributed by atoms with Crippen molar-refractivity contribution in [2.24, 2.45) is 0 Å². The van der Waals surface area contributed by atoms with Crippen LogP contribution >= 0.6 is 0 Å². The van der Waals surface area contributed by atoms with Crippen LogP contribution in [0.4, 0.5) is 17.6 Å². The number of carboxylic acids is 1. The molecule has 0 spiro atoms. The highest BCUT2D eigenvalue weighted by atomic mass is 19.4. The largest absolute Gasteiger partial charge is 0.481 e. The van der Waals surface area contributed by atoms with Crippen molar-refractivity contribution < 1.29 is 32.3 Å². The molecule has 1 saturated heterocycles. The zero-order chi connectivity index (χ0) is 36.4. The molecule has 2 fully saturated rings.